The van der Waals surface area contributed by atoms with E-state index in [1.54, 1.807) is 0 Å². The molecular weight excluding hydrogens is 1020 g/mol. The summed E-state index contributed by atoms with van der Waals surface area (Å²) < 4.78 is 47.1. The van der Waals surface area contributed by atoms with Crippen molar-refractivity contribution in [2.75, 3.05) is 26.4 Å². The van der Waals surface area contributed by atoms with E-state index in [2.05, 4.69) is 40.7 Å². The molecule has 29 atom stereocenters. The van der Waals surface area contributed by atoms with E-state index in [1.807, 2.05) is 6.92 Å². The highest BCUT2D eigenvalue weighted by molar-refractivity contribution is 5.79. The molecular formula is C54H88O23. The van der Waals surface area contributed by atoms with Crippen molar-refractivity contribution in [3.05, 3.63) is 11.6 Å². The van der Waals surface area contributed by atoms with Crippen LogP contribution in [0.5, 0.6) is 0 Å². The first-order valence-electron chi connectivity index (χ1n) is 27.9. The maximum atomic E-state index is 15.1. The fourth-order valence-corrected chi connectivity index (χ4v) is 16.4. The molecule has 4 saturated heterocycles. The van der Waals surface area contributed by atoms with Gasteiger partial charge in [0.15, 0.2) is 18.9 Å². The van der Waals surface area contributed by atoms with Crippen LogP contribution in [0, 0.1) is 50.2 Å². The van der Waals surface area contributed by atoms with Crippen molar-refractivity contribution in [2.24, 2.45) is 50.2 Å². The van der Waals surface area contributed by atoms with Crippen LogP contribution < -0.4 is 0 Å². The molecule has 14 N–H and O–H groups in total. The summed E-state index contributed by atoms with van der Waals surface area (Å²) in [7, 11) is 0. The maximum absolute atomic E-state index is 15.1. The van der Waals surface area contributed by atoms with Gasteiger partial charge in [0.2, 0.25) is 6.29 Å². The van der Waals surface area contributed by atoms with E-state index in [-0.39, 0.29) is 46.0 Å². The molecule has 4 aliphatic heterocycles. The van der Waals surface area contributed by atoms with Gasteiger partial charge >= 0.3 is 5.97 Å². The van der Waals surface area contributed by atoms with Crippen LogP contribution in [0.15, 0.2) is 11.6 Å². The maximum Gasteiger partial charge on any atom is 0.315 e. The largest absolute Gasteiger partial charge is 0.432 e. The highest BCUT2D eigenvalue weighted by Gasteiger charge is 2.71. The second kappa shape index (κ2) is 21.8. The van der Waals surface area contributed by atoms with Crippen LogP contribution in [0.3, 0.4) is 0 Å². The van der Waals surface area contributed by atoms with E-state index in [0.717, 1.165) is 19.3 Å². The van der Waals surface area contributed by atoms with E-state index in [4.69, 9.17) is 37.9 Å². The van der Waals surface area contributed by atoms with Gasteiger partial charge in [-0.25, -0.2) is 0 Å². The van der Waals surface area contributed by atoms with Crippen molar-refractivity contribution < 1.29 is 114 Å². The predicted molar refractivity (Wildman–Crippen MR) is 263 cm³/mol. The van der Waals surface area contributed by atoms with Crippen LogP contribution in [-0.2, 0) is 42.7 Å². The van der Waals surface area contributed by atoms with Gasteiger partial charge in [-0.1, -0.05) is 53.2 Å². The second-order valence-corrected chi connectivity index (χ2v) is 26.1. The molecule has 4 saturated carbocycles. The molecule has 5 aliphatic carbocycles. The van der Waals surface area contributed by atoms with Crippen LogP contribution in [-0.4, -0.2) is 233 Å². The Morgan fingerprint density at radius 2 is 1.16 bits per heavy atom. The molecule has 23 nitrogen and oxygen atoms in total. The highest BCUT2D eigenvalue weighted by atomic mass is 16.8. The minimum atomic E-state index is -1.89. The first-order valence-corrected chi connectivity index (χ1v) is 27.9. The Morgan fingerprint density at radius 1 is 0.584 bits per heavy atom. The number of hydrogen-bond acceptors (Lipinski definition) is 23. The van der Waals surface area contributed by atoms with Crippen molar-refractivity contribution in [1.29, 1.82) is 0 Å². The van der Waals surface area contributed by atoms with Gasteiger partial charge in [-0.05, 0) is 111 Å². The van der Waals surface area contributed by atoms with Gasteiger partial charge in [-0.3, -0.25) is 4.79 Å². The number of carbonyl (C=O) groups is 1. The summed E-state index contributed by atoms with van der Waals surface area (Å²) in [5, 5.41) is 150. The molecule has 4 heterocycles. The molecule has 442 valence electrons. The molecule has 0 aromatic heterocycles. The Labute approximate surface area is 449 Å². The van der Waals surface area contributed by atoms with Crippen molar-refractivity contribution in [2.45, 2.75) is 242 Å². The van der Waals surface area contributed by atoms with Gasteiger partial charge in [0.25, 0.3) is 0 Å². The van der Waals surface area contributed by atoms with Crippen molar-refractivity contribution >= 4 is 5.97 Å². The lowest BCUT2D eigenvalue weighted by Gasteiger charge is -2.71. The Bertz CT molecular complexity index is 2110. The Balaban J connectivity index is 0.899. The van der Waals surface area contributed by atoms with Gasteiger partial charge in [0.1, 0.15) is 91.6 Å². The zero-order valence-electron chi connectivity index (χ0n) is 45.3. The number of esters is 1. The monoisotopic (exact) mass is 1100 g/mol. The summed E-state index contributed by atoms with van der Waals surface area (Å²) in [4.78, 5) is 15.1. The number of allylic oxidation sites excluding steroid dienone is 2. The van der Waals surface area contributed by atoms with E-state index in [9.17, 15) is 71.5 Å². The smallest absolute Gasteiger partial charge is 0.315 e. The first-order chi connectivity index (χ1) is 36.1. The van der Waals surface area contributed by atoms with Crippen LogP contribution in [0.25, 0.3) is 0 Å². The molecule has 77 heavy (non-hydrogen) atoms. The summed E-state index contributed by atoms with van der Waals surface area (Å²) in [6.07, 6.45) is -23.6. The van der Waals surface area contributed by atoms with Crippen molar-refractivity contribution in [3.8, 4) is 0 Å². The van der Waals surface area contributed by atoms with E-state index in [0.29, 0.717) is 44.9 Å². The predicted octanol–water partition coefficient (Wildman–Crippen LogP) is -2.04. The number of aliphatic hydroxyl groups excluding tert-OH is 14. The number of rotatable bonds is 12. The normalized spacial score (nSPS) is 54.7. The number of carbonyl (C=O) groups excluding carboxylic acids is 1. The summed E-state index contributed by atoms with van der Waals surface area (Å²) in [5.74, 6) is -0.744. The van der Waals surface area contributed by atoms with Gasteiger partial charge in [0.05, 0.1) is 44.1 Å². The van der Waals surface area contributed by atoms with Crippen molar-refractivity contribution in [1.82, 2.24) is 0 Å². The third kappa shape index (κ3) is 9.80. The summed E-state index contributed by atoms with van der Waals surface area (Å²) in [5.41, 5.74) is -1.70. The van der Waals surface area contributed by atoms with Crippen molar-refractivity contribution in [3.63, 3.8) is 0 Å². The average Bonchev–Trinajstić information content (AvgIpc) is 3.53. The Morgan fingerprint density at radius 3 is 1.81 bits per heavy atom. The average molecular weight is 1110 g/mol. The summed E-state index contributed by atoms with van der Waals surface area (Å²) in [6.45, 7) is 12.6. The molecule has 0 aromatic rings. The van der Waals surface area contributed by atoms with Gasteiger partial charge in [0, 0.05) is 5.41 Å². The van der Waals surface area contributed by atoms with Crippen LogP contribution in [0.1, 0.15) is 113 Å². The molecule has 0 amide bonds. The molecule has 8 fully saturated rings. The molecule has 23 heteroatoms. The van der Waals surface area contributed by atoms with E-state index < -0.39 is 166 Å². The fraction of sp³-hybridized carbons (Fsp3) is 0.944. The quantitative estimate of drug-likeness (QED) is 0.0569. The topological polar surface area (TPSA) is 374 Å². The molecule has 9 aliphatic rings. The van der Waals surface area contributed by atoms with E-state index >= 15 is 4.79 Å². The van der Waals surface area contributed by atoms with Crippen LogP contribution >= 0.6 is 0 Å². The Kier molecular flexibility index (Phi) is 17.0. The lowest BCUT2D eigenvalue weighted by molar-refractivity contribution is -0.361. The standard InChI is InChI=1S/C54H88O23/c1-23-32(58)35(61)39(65)45(71-23)76-43-27(20-56)73-44(42(68)38(43)64)70-21-28-34(60)37(63)41(67)47(74-28)77-48(69)54-16-14-49(2,3)18-25(54)24-8-9-30-50(4)12-11-31(75-46-40(66)36(62)33(59)26(19-55)72-46)51(5,22-57)29(50)10-13-53(30,7)52(24,6)15-17-54/h8,23,25-47,55-68H,9-22H2,1-7H3/t23-,25-,26+,27+,28+,29+,30+,31-,32-,33+,34+,35+,36-,37-,38+,39+,40+,41+,42+,43+,44+,45-,46-,47-,50-,51-,52-,53+,54-/m0/s1. The molecule has 0 spiro atoms. The number of ether oxygens (including phenoxy) is 8. The lowest BCUT2D eigenvalue weighted by atomic mass is 9.33. The molecule has 0 bridgehead atoms. The van der Waals surface area contributed by atoms with Gasteiger partial charge in [-0.2, -0.15) is 0 Å². The molecule has 0 aromatic carbocycles. The summed E-state index contributed by atoms with van der Waals surface area (Å²) in [6, 6.07) is 0. The lowest BCUT2D eigenvalue weighted by Crippen LogP contribution is -2.67. The fourth-order valence-electron chi connectivity index (χ4n) is 16.4. The van der Waals surface area contributed by atoms with E-state index in [1.165, 1.54) is 12.5 Å². The van der Waals surface area contributed by atoms with Crippen LogP contribution in [0.4, 0.5) is 0 Å². The third-order valence-electron chi connectivity index (χ3n) is 21.5. The molecule has 0 radical (unpaired) electrons. The molecule has 0 unspecified atom stereocenters. The first kappa shape index (κ1) is 60.0. The Hall–Kier alpha value is -1.63. The SMILES string of the molecule is C[C@@H]1O[C@@H](O[C@H]2[C@H](O)[C@@H](O)[C@H](OC[C@H]3O[C@@H](OC(=O)[C@]45CCC(C)(C)C[C@H]4C4=CC[C@@H]6[C@@]7(C)CC[C@H](O[C@@H]8O[C@H](CO)[C@@H](O)[C@H](O)[C@H]8O)[C@@](C)(CO)[C@@H]7CC[C@@]6(C)[C@@]4(C)CC5)[C@H](O)[C@@H](O)[C@@H]3O)O[C@@H]2CO)[C@H](O)[C@H](O)[C@H]1O. The van der Waals surface area contributed by atoms with Gasteiger partial charge in [-0.15, -0.1) is 0 Å². The minimum absolute atomic E-state index is 0.0249. The van der Waals surface area contributed by atoms with Gasteiger partial charge < -0.3 is 109 Å². The number of hydrogen-bond donors (Lipinski definition) is 14. The number of fused-ring (bicyclic) bond motifs is 7. The summed E-state index contributed by atoms with van der Waals surface area (Å²) >= 11 is 0. The third-order valence-corrected chi connectivity index (χ3v) is 21.5. The second-order valence-electron chi connectivity index (χ2n) is 26.1. The zero-order chi connectivity index (χ0) is 56.3. The highest BCUT2D eigenvalue weighted by Crippen LogP contribution is 2.76. The van der Waals surface area contributed by atoms with Crippen LogP contribution in [0.2, 0.25) is 0 Å². The molecule has 9 rings (SSSR count). The number of aliphatic hydroxyl groups is 14. The zero-order valence-corrected chi connectivity index (χ0v) is 45.3. The minimum Gasteiger partial charge on any atom is -0.432 e.